The first kappa shape index (κ1) is 13.2. The molecule has 1 aromatic heterocycles. The number of carboxylic acid groups (broad SMARTS) is 1. The topological polar surface area (TPSA) is 79.3 Å². The van der Waals surface area contributed by atoms with Gasteiger partial charge in [0, 0.05) is 18.4 Å². The third kappa shape index (κ3) is 4.63. The van der Waals surface area contributed by atoms with Crippen LogP contribution in [0.15, 0.2) is 24.4 Å². The van der Waals surface area contributed by atoms with Gasteiger partial charge in [-0.2, -0.15) is 0 Å². The minimum atomic E-state index is -0.884. The van der Waals surface area contributed by atoms with Gasteiger partial charge in [0.05, 0.1) is 12.3 Å². The number of aromatic nitrogens is 1. The third-order valence-electron chi connectivity index (χ3n) is 2.46. The van der Waals surface area contributed by atoms with Crippen LogP contribution in [0.25, 0.3) is 0 Å². The normalized spacial score (nSPS) is 11.8. The third-order valence-corrected chi connectivity index (χ3v) is 2.46. The van der Waals surface area contributed by atoms with Crippen LogP contribution in [0.3, 0.4) is 0 Å². The monoisotopic (exact) mass is 236 g/mol. The van der Waals surface area contributed by atoms with E-state index in [1.165, 1.54) is 0 Å². The number of hydrogen-bond donors (Lipinski definition) is 2. The summed E-state index contributed by atoms with van der Waals surface area (Å²) in [5.41, 5.74) is 0.674. The van der Waals surface area contributed by atoms with Crippen LogP contribution in [0.5, 0.6) is 0 Å². The number of carbonyl (C=O) groups is 2. The minimum absolute atomic E-state index is 0.164. The van der Waals surface area contributed by atoms with E-state index in [1.54, 1.807) is 25.3 Å². The average Bonchev–Trinajstić information content (AvgIpc) is 2.30. The summed E-state index contributed by atoms with van der Waals surface area (Å²) in [5.74, 6) is -1.61. The summed E-state index contributed by atoms with van der Waals surface area (Å²) in [7, 11) is 0. The quantitative estimate of drug-likeness (QED) is 0.767. The van der Waals surface area contributed by atoms with Crippen LogP contribution in [-0.4, -0.2) is 28.5 Å². The van der Waals surface area contributed by atoms with Gasteiger partial charge in [-0.3, -0.25) is 14.6 Å². The van der Waals surface area contributed by atoms with Crippen molar-refractivity contribution in [2.24, 2.45) is 5.92 Å². The Labute approximate surface area is 99.9 Å². The van der Waals surface area contributed by atoms with Crippen molar-refractivity contribution in [2.75, 3.05) is 6.54 Å². The molecule has 17 heavy (non-hydrogen) atoms. The maximum Gasteiger partial charge on any atom is 0.308 e. The highest BCUT2D eigenvalue weighted by Crippen LogP contribution is 2.01. The highest BCUT2D eigenvalue weighted by atomic mass is 16.4. The summed E-state index contributed by atoms with van der Waals surface area (Å²) >= 11 is 0. The molecule has 5 nitrogen and oxygen atoms in total. The number of nitrogens with one attached hydrogen (secondary N) is 1. The first-order chi connectivity index (χ1) is 8.13. The maximum absolute atomic E-state index is 11.5. The first-order valence-corrected chi connectivity index (χ1v) is 5.53. The van der Waals surface area contributed by atoms with E-state index in [0.717, 1.165) is 0 Å². The molecular weight excluding hydrogens is 220 g/mol. The Morgan fingerprint density at radius 3 is 2.76 bits per heavy atom. The molecule has 1 unspecified atom stereocenters. The van der Waals surface area contributed by atoms with Crippen molar-refractivity contribution < 1.29 is 14.7 Å². The van der Waals surface area contributed by atoms with Crippen molar-refractivity contribution in [3.05, 3.63) is 30.1 Å². The number of pyridine rings is 1. The van der Waals surface area contributed by atoms with Crippen LogP contribution in [0.4, 0.5) is 0 Å². The smallest absolute Gasteiger partial charge is 0.308 e. The molecule has 0 saturated heterocycles. The lowest BCUT2D eigenvalue weighted by atomic mass is 10.1. The Morgan fingerprint density at radius 2 is 2.24 bits per heavy atom. The van der Waals surface area contributed by atoms with Crippen LogP contribution in [0.2, 0.25) is 0 Å². The SMILES string of the molecule is CCC(CNC(=O)Cc1ccccn1)C(=O)O. The lowest BCUT2D eigenvalue weighted by Gasteiger charge is -2.10. The fourth-order valence-electron chi connectivity index (χ4n) is 1.37. The van der Waals surface area contributed by atoms with Crippen molar-refractivity contribution in [1.29, 1.82) is 0 Å². The molecule has 5 heteroatoms. The number of nitrogens with zero attached hydrogens (tertiary/aromatic N) is 1. The van der Waals surface area contributed by atoms with E-state index in [2.05, 4.69) is 10.3 Å². The molecule has 0 aliphatic carbocycles. The molecule has 0 aliphatic rings. The Morgan fingerprint density at radius 1 is 1.47 bits per heavy atom. The van der Waals surface area contributed by atoms with Gasteiger partial charge in [-0.1, -0.05) is 13.0 Å². The molecule has 2 N–H and O–H groups in total. The molecule has 0 fully saturated rings. The van der Waals surface area contributed by atoms with E-state index >= 15 is 0 Å². The standard InChI is InChI=1S/C12H16N2O3/c1-2-9(12(16)17)8-14-11(15)7-10-5-3-4-6-13-10/h3-6,9H,2,7-8H2,1H3,(H,14,15)(H,16,17). The molecule has 1 amide bonds. The molecule has 0 saturated carbocycles. The van der Waals surface area contributed by atoms with Gasteiger partial charge in [0.25, 0.3) is 0 Å². The van der Waals surface area contributed by atoms with E-state index in [9.17, 15) is 9.59 Å². The largest absolute Gasteiger partial charge is 0.481 e. The molecule has 92 valence electrons. The highest BCUT2D eigenvalue weighted by Gasteiger charge is 2.15. The van der Waals surface area contributed by atoms with Gasteiger partial charge in [0.15, 0.2) is 0 Å². The fraction of sp³-hybridized carbons (Fsp3) is 0.417. The van der Waals surface area contributed by atoms with Crippen LogP contribution in [-0.2, 0) is 16.0 Å². The zero-order chi connectivity index (χ0) is 12.7. The number of carboxylic acids is 1. The molecule has 0 radical (unpaired) electrons. The summed E-state index contributed by atoms with van der Waals surface area (Å²) < 4.78 is 0. The van der Waals surface area contributed by atoms with Gasteiger partial charge in [-0.05, 0) is 18.6 Å². The van der Waals surface area contributed by atoms with Crippen LogP contribution in [0, 0.1) is 5.92 Å². The van der Waals surface area contributed by atoms with Gasteiger partial charge >= 0.3 is 5.97 Å². The second-order valence-electron chi connectivity index (χ2n) is 3.75. The zero-order valence-electron chi connectivity index (χ0n) is 9.72. The molecule has 1 rings (SSSR count). The van der Waals surface area contributed by atoms with Crippen molar-refractivity contribution in [1.82, 2.24) is 10.3 Å². The van der Waals surface area contributed by atoms with E-state index in [0.29, 0.717) is 12.1 Å². The zero-order valence-corrected chi connectivity index (χ0v) is 9.72. The van der Waals surface area contributed by atoms with Gasteiger partial charge in [0.1, 0.15) is 0 Å². The Kier molecular flexibility index (Phi) is 5.13. The van der Waals surface area contributed by atoms with Gasteiger partial charge < -0.3 is 10.4 Å². The van der Waals surface area contributed by atoms with E-state index in [4.69, 9.17) is 5.11 Å². The summed E-state index contributed by atoms with van der Waals surface area (Å²) in [5, 5.41) is 11.4. The lowest BCUT2D eigenvalue weighted by molar-refractivity contribution is -0.141. The number of rotatable bonds is 6. The highest BCUT2D eigenvalue weighted by molar-refractivity contribution is 5.79. The number of hydrogen-bond acceptors (Lipinski definition) is 3. The fourth-order valence-corrected chi connectivity index (χ4v) is 1.37. The van der Waals surface area contributed by atoms with Crippen molar-refractivity contribution in [2.45, 2.75) is 19.8 Å². The van der Waals surface area contributed by atoms with Crippen molar-refractivity contribution in [3.8, 4) is 0 Å². The van der Waals surface area contributed by atoms with Crippen LogP contribution in [0.1, 0.15) is 19.0 Å². The van der Waals surface area contributed by atoms with Gasteiger partial charge in [0.2, 0.25) is 5.91 Å². The summed E-state index contributed by atoms with van der Waals surface area (Å²) in [4.78, 5) is 26.3. The molecule has 1 heterocycles. The second-order valence-corrected chi connectivity index (χ2v) is 3.75. The molecular formula is C12H16N2O3. The Hall–Kier alpha value is -1.91. The number of amides is 1. The Bertz CT molecular complexity index is 379. The maximum atomic E-state index is 11.5. The van der Waals surface area contributed by atoms with Crippen molar-refractivity contribution in [3.63, 3.8) is 0 Å². The molecule has 0 aromatic carbocycles. The molecule has 0 spiro atoms. The molecule has 0 bridgehead atoms. The van der Waals surface area contributed by atoms with Crippen LogP contribution < -0.4 is 5.32 Å². The molecule has 0 aliphatic heterocycles. The van der Waals surface area contributed by atoms with E-state index in [1.807, 2.05) is 6.07 Å². The van der Waals surface area contributed by atoms with E-state index in [-0.39, 0.29) is 18.9 Å². The molecule has 1 atom stereocenters. The van der Waals surface area contributed by atoms with Gasteiger partial charge in [-0.15, -0.1) is 0 Å². The number of carbonyl (C=O) groups excluding carboxylic acids is 1. The Balaban J connectivity index is 2.38. The predicted octanol–water partition coefficient (Wildman–Crippen LogP) is 0.851. The lowest BCUT2D eigenvalue weighted by Crippen LogP contribution is -2.33. The van der Waals surface area contributed by atoms with Gasteiger partial charge in [-0.25, -0.2) is 0 Å². The predicted molar refractivity (Wildman–Crippen MR) is 62.4 cm³/mol. The molecule has 1 aromatic rings. The van der Waals surface area contributed by atoms with E-state index < -0.39 is 11.9 Å². The first-order valence-electron chi connectivity index (χ1n) is 5.53. The van der Waals surface area contributed by atoms with Crippen molar-refractivity contribution >= 4 is 11.9 Å². The minimum Gasteiger partial charge on any atom is -0.481 e. The average molecular weight is 236 g/mol. The van der Waals surface area contributed by atoms with Crippen LogP contribution >= 0.6 is 0 Å². The summed E-state index contributed by atoms with van der Waals surface area (Å²) in [6, 6.07) is 5.34. The summed E-state index contributed by atoms with van der Waals surface area (Å²) in [6.07, 6.45) is 2.30. The number of aliphatic carboxylic acids is 1. The summed E-state index contributed by atoms with van der Waals surface area (Å²) in [6.45, 7) is 1.95. The second kappa shape index (κ2) is 6.62.